The summed E-state index contributed by atoms with van der Waals surface area (Å²) in [5.41, 5.74) is 1.34. The number of hydrogen-bond acceptors (Lipinski definition) is 5. The zero-order valence-electron chi connectivity index (χ0n) is 12.7. The van der Waals surface area contributed by atoms with Gasteiger partial charge >= 0.3 is 0 Å². The average Bonchev–Trinajstić information content (AvgIpc) is 3.09. The molecular weight excluding hydrogens is 282 g/mol. The van der Waals surface area contributed by atoms with Gasteiger partial charge in [0.2, 0.25) is 0 Å². The molecule has 3 rings (SSSR count). The van der Waals surface area contributed by atoms with Crippen molar-refractivity contribution in [3.8, 4) is 0 Å². The van der Waals surface area contributed by atoms with Gasteiger partial charge in [0.05, 0.1) is 31.4 Å². The van der Waals surface area contributed by atoms with Crippen molar-refractivity contribution in [2.24, 2.45) is 0 Å². The number of pyridine rings is 1. The normalized spacial score (nSPS) is 18.3. The summed E-state index contributed by atoms with van der Waals surface area (Å²) >= 11 is 0. The number of H-pyrrole nitrogens is 1. The van der Waals surface area contributed by atoms with Gasteiger partial charge in [-0.2, -0.15) is 0 Å². The maximum absolute atomic E-state index is 12.4. The second-order valence-electron chi connectivity index (χ2n) is 5.39. The highest BCUT2D eigenvalue weighted by Gasteiger charge is 2.27. The van der Waals surface area contributed by atoms with E-state index in [-0.39, 0.29) is 12.0 Å². The van der Waals surface area contributed by atoms with E-state index in [0.29, 0.717) is 25.4 Å². The Morgan fingerprint density at radius 1 is 1.45 bits per heavy atom. The minimum absolute atomic E-state index is 0.0606. The Kier molecular flexibility index (Phi) is 4.06. The number of rotatable bonds is 3. The largest absolute Gasteiger partial charge is 0.368 e. The van der Waals surface area contributed by atoms with E-state index in [9.17, 15) is 4.79 Å². The molecule has 1 amide bonds. The number of carbonyl (C=O) groups excluding carboxylic acids is 1. The first-order valence-corrected chi connectivity index (χ1v) is 7.18. The number of aromatic amines is 1. The lowest BCUT2D eigenvalue weighted by molar-refractivity contribution is -0.0248. The minimum Gasteiger partial charge on any atom is -0.368 e. The molecule has 0 saturated carbocycles. The van der Waals surface area contributed by atoms with E-state index in [2.05, 4.69) is 15.0 Å². The SMILES string of the molecule is CN(C)c1cccc([C@@H]2CN(C(=O)c3cnc[nH]3)CCO2)n1. The van der Waals surface area contributed by atoms with Crippen LogP contribution in [0.1, 0.15) is 22.3 Å². The van der Waals surface area contributed by atoms with Crippen molar-refractivity contribution < 1.29 is 9.53 Å². The van der Waals surface area contributed by atoms with E-state index >= 15 is 0 Å². The van der Waals surface area contributed by atoms with E-state index in [1.807, 2.05) is 37.2 Å². The fourth-order valence-electron chi connectivity index (χ4n) is 2.42. The molecule has 1 aliphatic heterocycles. The highest BCUT2D eigenvalue weighted by molar-refractivity contribution is 5.92. The van der Waals surface area contributed by atoms with Gasteiger partial charge < -0.3 is 19.5 Å². The Balaban J connectivity index is 1.75. The van der Waals surface area contributed by atoms with Gasteiger partial charge in [0, 0.05) is 20.6 Å². The van der Waals surface area contributed by atoms with Gasteiger partial charge in [-0.1, -0.05) is 6.07 Å². The molecule has 0 aromatic carbocycles. The molecule has 2 aromatic rings. The first-order chi connectivity index (χ1) is 10.6. The van der Waals surface area contributed by atoms with E-state index in [4.69, 9.17) is 4.74 Å². The molecule has 0 bridgehead atoms. The van der Waals surface area contributed by atoms with Crippen molar-refractivity contribution in [2.45, 2.75) is 6.10 Å². The summed E-state index contributed by atoms with van der Waals surface area (Å²) in [6.07, 6.45) is 2.84. The third kappa shape index (κ3) is 2.94. The first-order valence-electron chi connectivity index (χ1n) is 7.18. The fourth-order valence-corrected chi connectivity index (χ4v) is 2.42. The zero-order valence-corrected chi connectivity index (χ0v) is 12.7. The van der Waals surface area contributed by atoms with E-state index < -0.39 is 0 Å². The number of nitrogens with one attached hydrogen (secondary N) is 1. The molecule has 116 valence electrons. The fraction of sp³-hybridized carbons (Fsp3) is 0.400. The van der Waals surface area contributed by atoms with Crippen LogP contribution in [-0.2, 0) is 4.74 Å². The van der Waals surface area contributed by atoms with Gasteiger partial charge in [-0.05, 0) is 12.1 Å². The summed E-state index contributed by atoms with van der Waals surface area (Å²) in [6.45, 7) is 1.56. The van der Waals surface area contributed by atoms with Crippen LogP contribution < -0.4 is 4.90 Å². The maximum atomic E-state index is 12.4. The van der Waals surface area contributed by atoms with E-state index in [1.165, 1.54) is 12.5 Å². The standard InChI is InChI=1S/C15H19N5O2/c1-19(2)14-5-3-4-11(18-14)13-9-20(6-7-22-13)15(21)12-8-16-10-17-12/h3-5,8,10,13H,6-7,9H2,1-2H3,(H,16,17)/t13-/m0/s1. The molecule has 1 N–H and O–H groups in total. The number of ether oxygens (including phenoxy) is 1. The van der Waals surface area contributed by atoms with E-state index in [0.717, 1.165) is 11.5 Å². The smallest absolute Gasteiger partial charge is 0.272 e. The second kappa shape index (κ2) is 6.15. The van der Waals surface area contributed by atoms with Gasteiger partial charge in [-0.3, -0.25) is 4.79 Å². The Hall–Kier alpha value is -2.41. The molecule has 1 atom stereocenters. The molecule has 1 saturated heterocycles. The number of nitrogens with zero attached hydrogens (tertiary/aromatic N) is 4. The predicted octanol–water partition coefficient (Wildman–Crippen LogP) is 1.08. The Labute approximate surface area is 128 Å². The number of anilines is 1. The predicted molar refractivity (Wildman–Crippen MR) is 81.7 cm³/mol. The molecule has 1 aliphatic rings. The number of amides is 1. The average molecular weight is 301 g/mol. The topological polar surface area (TPSA) is 74.3 Å². The molecule has 0 spiro atoms. The van der Waals surface area contributed by atoms with Crippen LogP contribution in [0.4, 0.5) is 5.82 Å². The Morgan fingerprint density at radius 2 is 2.32 bits per heavy atom. The van der Waals surface area contributed by atoms with Crippen molar-refractivity contribution in [3.63, 3.8) is 0 Å². The van der Waals surface area contributed by atoms with Crippen molar-refractivity contribution in [3.05, 3.63) is 42.1 Å². The summed E-state index contributed by atoms with van der Waals surface area (Å²) in [7, 11) is 3.89. The Bertz CT molecular complexity index is 641. The third-order valence-corrected chi connectivity index (χ3v) is 3.63. The van der Waals surface area contributed by atoms with Crippen LogP contribution in [-0.4, -0.2) is 59.6 Å². The van der Waals surface area contributed by atoms with Crippen molar-refractivity contribution >= 4 is 11.7 Å². The lowest BCUT2D eigenvalue weighted by Gasteiger charge is -2.32. The van der Waals surface area contributed by atoms with E-state index in [1.54, 1.807) is 4.90 Å². The van der Waals surface area contributed by atoms with Crippen molar-refractivity contribution in [1.29, 1.82) is 0 Å². The second-order valence-corrected chi connectivity index (χ2v) is 5.39. The van der Waals surface area contributed by atoms with Crippen LogP contribution in [0.2, 0.25) is 0 Å². The van der Waals surface area contributed by atoms with Crippen LogP contribution in [0.25, 0.3) is 0 Å². The zero-order chi connectivity index (χ0) is 15.5. The van der Waals surface area contributed by atoms with Gasteiger partial charge in [0.1, 0.15) is 17.6 Å². The van der Waals surface area contributed by atoms with Crippen LogP contribution in [0.15, 0.2) is 30.7 Å². The monoisotopic (exact) mass is 301 g/mol. The van der Waals surface area contributed by atoms with Crippen LogP contribution >= 0.6 is 0 Å². The third-order valence-electron chi connectivity index (χ3n) is 3.63. The molecule has 0 aliphatic carbocycles. The number of carbonyl (C=O) groups is 1. The minimum atomic E-state index is -0.208. The molecular formula is C15H19N5O2. The lowest BCUT2D eigenvalue weighted by atomic mass is 10.1. The van der Waals surface area contributed by atoms with Crippen LogP contribution in [0.3, 0.4) is 0 Å². The van der Waals surface area contributed by atoms with Gasteiger partial charge in [-0.25, -0.2) is 9.97 Å². The molecule has 1 fully saturated rings. The highest BCUT2D eigenvalue weighted by atomic mass is 16.5. The van der Waals surface area contributed by atoms with Crippen molar-refractivity contribution in [2.75, 3.05) is 38.7 Å². The number of hydrogen-bond donors (Lipinski definition) is 1. The molecule has 2 aromatic heterocycles. The lowest BCUT2D eigenvalue weighted by Crippen LogP contribution is -2.42. The quantitative estimate of drug-likeness (QED) is 0.918. The van der Waals surface area contributed by atoms with Gasteiger partial charge in [0.25, 0.3) is 5.91 Å². The first kappa shape index (κ1) is 14.5. The maximum Gasteiger partial charge on any atom is 0.272 e. The summed E-state index contributed by atoms with van der Waals surface area (Å²) in [5.74, 6) is 0.813. The molecule has 22 heavy (non-hydrogen) atoms. The van der Waals surface area contributed by atoms with Crippen LogP contribution in [0.5, 0.6) is 0 Å². The van der Waals surface area contributed by atoms with Crippen LogP contribution in [0, 0.1) is 0 Å². The summed E-state index contributed by atoms with van der Waals surface area (Å²) < 4.78 is 5.80. The number of imidazole rings is 1. The molecule has 0 radical (unpaired) electrons. The molecule has 7 heteroatoms. The molecule has 0 unspecified atom stereocenters. The summed E-state index contributed by atoms with van der Waals surface area (Å²) in [4.78, 5) is 27.4. The van der Waals surface area contributed by atoms with Gasteiger partial charge in [0.15, 0.2) is 0 Å². The number of morpholine rings is 1. The molecule has 3 heterocycles. The highest BCUT2D eigenvalue weighted by Crippen LogP contribution is 2.23. The summed E-state index contributed by atoms with van der Waals surface area (Å²) in [6, 6.07) is 5.83. The molecule has 7 nitrogen and oxygen atoms in total. The Morgan fingerprint density at radius 3 is 3.05 bits per heavy atom. The number of aromatic nitrogens is 3. The van der Waals surface area contributed by atoms with Gasteiger partial charge in [-0.15, -0.1) is 0 Å². The summed E-state index contributed by atoms with van der Waals surface area (Å²) in [5, 5.41) is 0. The van der Waals surface area contributed by atoms with Crippen molar-refractivity contribution in [1.82, 2.24) is 19.9 Å².